The van der Waals surface area contributed by atoms with Gasteiger partial charge in [0.05, 0.1) is 0 Å². The molecule has 0 radical (unpaired) electrons. The Morgan fingerprint density at radius 2 is 0.884 bits per heavy atom. The molecule has 0 fully saturated rings. The number of carbonyl (C=O) groups excluding carboxylic acids is 2. The minimum atomic E-state index is -0.137. The van der Waals surface area contributed by atoms with Crippen LogP contribution in [-0.4, -0.2) is 11.8 Å². The molecule has 2 rings (SSSR count). The monoisotopic (exact) mass is 590 g/mol. The number of hydrogen-bond donors (Lipinski definition) is 2. The summed E-state index contributed by atoms with van der Waals surface area (Å²) in [7, 11) is 0. The molecule has 2 N–H and O–H groups in total. The first kappa shape index (κ1) is 36.6. The van der Waals surface area contributed by atoms with Crippen molar-refractivity contribution in [2.75, 3.05) is 10.6 Å². The van der Waals surface area contributed by atoms with E-state index >= 15 is 0 Å². The molecule has 0 aliphatic heterocycles. The number of nitrogens with one attached hydrogen (secondary N) is 2. The van der Waals surface area contributed by atoms with Crippen molar-refractivity contribution in [1.82, 2.24) is 0 Å². The van der Waals surface area contributed by atoms with Crippen molar-refractivity contribution in [3.05, 3.63) is 59.7 Å². The zero-order valence-corrected chi connectivity index (χ0v) is 28.1. The van der Waals surface area contributed by atoms with Crippen LogP contribution in [0.5, 0.6) is 0 Å². The second-order valence-corrected chi connectivity index (χ2v) is 13.5. The van der Waals surface area contributed by atoms with Crippen LogP contribution < -0.4 is 10.6 Å². The highest BCUT2D eigenvalue weighted by Gasteiger charge is 2.14. The van der Waals surface area contributed by atoms with Gasteiger partial charge in [0.15, 0.2) is 0 Å². The quantitative estimate of drug-likeness (QED) is 0.126. The maximum Gasteiger partial charge on any atom is 0.255 e. The van der Waals surface area contributed by atoms with Gasteiger partial charge in [-0.1, -0.05) is 155 Å². The largest absolute Gasteiger partial charge is 0.326 e. The van der Waals surface area contributed by atoms with Gasteiger partial charge in [0.25, 0.3) is 5.91 Å². The van der Waals surface area contributed by atoms with Crippen LogP contribution in [0.25, 0.3) is 0 Å². The van der Waals surface area contributed by atoms with Crippen LogP contribution in [-0.2, 0) is 10.2 Å². The Labute approximate surface area is 264 Å². The molecule has 0 spiro atoms. The van der Waals surface area contributed by atoms with Crippen LogP contribution in [0.1, 0.15) is 172 Å². The molecule has 0 aromatic heterocycles. The third-order valence-corrected chi connectivity index (χ3v) is 8.45. The van der Waals surface area contributed by atoms with Gasteiger partial charge in [-0.2, -0.15) is 0 Å². The van der Waals surface area contributed by atoms with E-state index in [0.717, 1.165) is 18.5 Å². The average Bonchev–Trinajstić information content (AvgIpc) is 2.99. The molecule has 43 heavy (non-hydrogen) atoms. The lowest BCUT2D eigenvalue weighted by Gasteiger charge is -2.19. The molecule has 0 saturated heterocycles. The number of rotatable bonds is 23. The minimum absolute atomic E-state index is 0.0562. The molecule has 240 valence electrons. The fourth-order valence-electron chi connectivity index (χ4n) is 5.55. The summed E-state index contributed by atoms with van der Waals surface area (Å²) >= 11 is 0. The lowest BCUT2D eigenvalue weighted by molar-refractivity contribution is -0.116. The number of hydrogen-bond acceptors (Lipinski definition) is 2. The first-order valence-electron chi connectivity index (χ1n) is 17.6. The zero-order chi connectivity index (χ0) is 31.2. The van der Waals surface area contributed by atoms with E-state index in [9.17, 15) is 9.59 Å². The Balaban J connectivity index is 1.43. The molecule has 0 aliphatic carbocycles. The number of benzene rings is 2. The summed E-state index contributed by atoms with van der Waals surface area (Å²) in [6.45, 7) is 8.76. The third-order valence-electron chi connectivity index (χ3n) is 8.45. The zero-order valence-electron chi connectivity index (χ0n) is 28.1. The topological polar surface area (TPSA) is 58.2 Å². The van der Waals surface area contributed by atoms with E-state index < -0.39 is 0 Å². The van der Waals surface area contributed by atoms with Crippen molar-refractivity contribution in [3.63, 3.8) is 0 Å². The summed E-state index contributed by atoms with van der Waals surface area (Å²) in [5, 5.41) is 5.92. The van der Waals surface area contributed by atoms with Gasteiger partial charge in [0.2, 0.25) is 5.91 Å². The van der Waals surface area contributed by atoms with Crippen molar-refractivity contribution in [2.24, 2.45) is 0 Å². The molecule has 2 aromatic rings. The fraction of sp³-hybridized carbons (Fsp3) is 0.641. The Morgan fingerprint density at radius 3 is 1.28 bits per heavy atom. The molecule has 0 unspecified atom stereocenters. The van der Waals surface area contributed by atoms with Crippen LogP contribution in [0.15, 0.2) is 48.5 Å². The number of amides is 2. The van der Waals surface area contributed by atoms with E-state index in [1.54, 1.807) is 0 Å². The molecule has 2 amide bonds. The van der Waals surface area contributed by atoms with Crippen molar-refractivity contribution in [2.45, 2.75) is 162 Å². The van der Waals surface area contributed by atoms with Crippen molar-refractivity contribution < 1.29 is 9.59 Å². The van der Waals surface area contributed by atoms with Gasteiger partial charge in [0.1, 0.15) is 0 Å². The summed E-state index contributed by atoms with van der Waals surface area (Å²) < 4.78 is 0. The second kappa shape index (κ2) is 22.0. The number of anilines is 2. The van der Waals surface area contributed by atoms with Gasteiger partial charge >= 0.3 is 0 Å². The normalized spacial score (nSPS) is 11.4. The second-order valence-electron chi connectivity index (χ2n) is 13.5. The molecule has 0 aliphatic rings. The lowest BCUT2D eigenvalue weighted by Crippen LogP contribution is -2.14. The van der Waals surface area contributed by atoms with E-state index in [1.165, 1.54) is 115 Å². The van der Waals surface area contributed by atoms with Gasteiger partial charge < -0.3 is 10.6 Å². The first-order valence-corrected chi connectivity index (χ1v) is 17.6. The molecular weight excluding hydrogens is 528 g/mol. The van der Waals surface area contributed by atoms with Crippen LogP contribution in [0.3, 0.4) is 0 Å². The molecule has 0 saturated carbocycles. The Hall–Kier alpha value is -2.62. The molecule has 0 bridgehead atoms. The van der Waals surface area contributed by atoms with Crippen LogP contribution >= 0.6 is 0 Å². The standard InChI is InChI=1S/C39H62N2O2/c1-5-6-7-8-9-10-11-12-13-14-15-16-17-18-19-20-21-22-23-24-37(42)40-35-29-31-36(32-30-35)41-38(43)33-25-27-34(28-26-33)39(2,3)4/h25-32H,5-24H2,1-4H3,(H,40,42)(H,41,43). The van der Waals surface area contributed by atoms with Gasteiger partial charge in [0, 0.05) is 23.4 Å². The molecular formula is C39H62N2O2. The van der Waals surface area contributed by atoms with Crippen LogP contribution in [0.4, 0.5) is 11.4 Å². The van der Waals surface area contributed by atoms with Crippen LogP contribution in [0.2, 0.25) is 0 Å². The fourth-order valence-corrected chi connectivity index (χ4v) is 5.55. The third kappa shape index (κ3) is 17.3. The van der Waals surface area contributed by atoms with E-state index in [1.807, 2.05) is 48.5 Å². The molecule has 4 heteroatoms. The summed E-state index contributed by atoms with van der Waals surface area (Å²) in [6, 6.07) is 15.1. The summed E-state index contributed by atoms with van der Waals surface area (Å²) in [6.07, 6.45) is 26.3. The van der Waals surface area contributed by atoms with Crippen LogP contribution in [0, 0.1) is 0 Å². The summed E-state index contributed by atoms with van der Waals surface area (Å²) in [4.78, 5) is 25.0. The average molecular weight is 591 g/mol. The summed E-state index contributed by atoms with van der Waals surface area (Å²) in [5.41, 5.74) is 3.35. The molecule has 0 heterocycles. The summed E-state index contributed by atoms with van der Waals surface area (Å²) in [5.74, 6) is -0.0794. The maximum atomic E-state index is 12.6. The molecule has 2 aromatic carbocycles. The maximum absolute atomic E-state index is 12.6. The molecule has 0 atom stereocenters. The Kier molecular flexibility index (Phi) is 18.7. The first-order chi connectivity index (χ1) is 20.8. The van der Waals surface area contributed by atoms with Gasteiger partial charge in [-0.15, -0.1) is 0 Å². The predicted octanol–water partition coefficient (Wildman–Crippen LogP) is 12.0. The highest BCUT2D eigenvalue weighted by Crippen LogP contribution is 2.23. The van der Waals surface area contributed by atoms with E-state index in [2.05, 4.69) is 38.3 Å². The highest BCUT2D eigenvalue weighted by molar-refractivity contribution is 6.04. The van der Waals surface area contributed by atoms with Gasteiger partial charge in [-0.25, -0.2) is 0 Å². The van der Waals surface area contributed by atoms with Crippen molar-refractivity contribution in [1.29, 1.82) is 0 Å². The lowest BCUT2D eigenvalue weighted by atomic mass is 9.87. The number of unbranched alkanes of at least 4 members (excludes halogenated alkanes) is 18. The Bertz CT molecular complexity index is 1010. The van der Waals surface area contributed by atoms with Crippen molar-refractivity contribution >= 4 is 23.2 Å². The Morgan fingerprint density at radius 1 is 0.512 bits per heavy atom. The van der Waals surface area contributed by atoms with E-state index in [4.69, 9.17) is 0 Å². The predicted molar refractivity (Wildman–Crippen MR) is 186 cm³/mol. The molecule has 4 nitrogen and oxygen atoms in total. The van der Waals surface area contributed by atoms with E-state index in [0.29, 0.717) is 17.7 Å². The van der Waals surface area contributed by atoms with Crippen molar-refractivity contribution in [3.8, 4) is 0 Å². The number of carbonyl (C=O) groups is 2. The van der Waals surface area contributed by atoms with Gasteiger partial charge in [-0.3, -0.25) is 9.59 Å². The SMILES string of the molecule is CCCCCCCCCCCCCCCCCCCCCC(=O)Nc1ccc(NC(=O)c2ccc(C(C)(C)C)cc2)cc1. The highest BCUT2D eigenvalue weighted by atomic mass is 16.2. The minimum Gasteiger partial charge on any atom is -0.326 e. The smallest absolute Gasteiger partial charge is 0.255 e. The van der Waals surface area contributed by atoms with Gasteiger partial charge in [-0.05, 0) is 53.8 Å². The van der Waals surface area contributed by atoms with E-state index in [-0.39, 0.29) is 17.2 Å².